The van der Waals surface area contributed by atoms with Gasteiger partial charge in [-0.15, -0.1) is 0 Å². The van der Waals surface area contributed by atoms with Gasteiger partial charge in [0.2, 0.25) is 0 Å². The van der Waals surface area contributed by atoms with Gasteiger partial charge in [0.1, 0.15) is 0 Å². The maximum absolute atomic E-state index is 12.3. The highest BCUT2D eigenvalue weighted by Gasteiger charge is 2.13. The average molecular weight is 345 g/mol. The molecule has 0 saturated carbocycles. The van der Waals surface area contributed by atoms with Crippen molar-refractivity contribution >= 4 is 27.5 Å². The van der Waals surface area contributed by atoms with Crippen LogP contribution >= 0.6 is 11.8 Å². The van der Waals surface area contributed by atoms with E-state index in [-0.39, 0.29) is 4.90 Å². The summed E-state index contributed by atoms with van der Waals surface area (Å²) in [5, 5.41) is 0.877. The Morgan fingerprint density at radius 3 is 2.35 bits per heavy atom. The predicted molar refractivity (Wildman–Crippen MR) is 91.0 cm³/mol. The highest BCUT2D eigenvalue weighted by atomic mass is 32.2. The molecule has 0 aliphatic heterocycles. The molecule has 118 valence electrons. The lowest BCUT2D eigenvalue weighted by Gasteiger charge is -2.08. The van der Waals surface area contributed by atoms with E-state index in [0.717, 1.165) is 10.1 Å². The van der Waals surface area contributed by atoms with Crippen LogP contribution in [0.2, 0.25) is 0 Å². The molecule has 0 amide bonds. The summed E-state index contributed by atoms with van der Waals surface area (Å²) >= 11 is 1.52. The quantitative estimate of drug-likeness (QED) is 0.770. The molecule has 3 rings (SSSR count). The third kappa shape index (κ3) is 3.75. The van der Waals surface area contributed by atoms with Gasteiger partial charge in [-0.2, -0.15) is 0 Å². The Balaban J connectivity index is 1.74. The normalized spacial score (nSPS) is 11.3. The van der Waals surface area contributed by atoms with Crippen LogP contribution in [0.5, 0.6) is 0 Å². The Morgan fingerprint density at radius 1 is 1.04 bits per heavy atom. The van der Waals surface area contributed by atoms with Gasteiger partial charge in [0.05, 0.1) is 4.90 Å². The number of benzene rings is 2. The van der Waals surface area contributed by atoms with E-state index in [0.29, 0.717) is 5.69 Å². The van der Waals surface area contributed by atoms with E-state index in [9.17, 15) is 8.42 Å². The van der Waals surface area contributed by atoms with Crippen molar-refractivity contribution in [1.29, 1.82) is 0 Å². The molecule has 0 unspecified atom stereocenters. The first-order valence-electron chi connectivity index (χ1n) is 6.88. The van der Waals surface area contributed by atoms with Gasteiger partial charge in [0.15, 0.2) is 5.16 Å². The highest BCUT2D eigenvalue weighted by molar-refractivity contribution is 7.99. The molecule has 0 aliphatic rings. The maximum Gasteiger partial charge on any atom is 0.261 e. The molecular formula is C16H15N3O2S2. The monoisotopic (exact) mass is 345 g/mol. The van der Waals surface area contributed by atoms with Crippen LogP contribution in [0.25, 0.3) is 0 Å². The molecule has 2 aromatic carbocycles. The summed E-state index contributed by atoms with van der Waals surface area (Å²) in [5.74, 6) is 0. The van der Waals surface area contributed by atoms with Crippen LogP contribution in [0.1, 0.15) is 0 Å². The molecule has 23 heavy (non-hydrogen) atoms. The number of hydrogen-bond acceptors (Lipinski definition) is 4. The lowest BCUT2D eigenvalue weighted by atomic mass is 10.3. The van der Waals surface area contributed by atoms with Gasteiger partial charge in [-0.3, -0.25) is 4.72 Å². The minimum Gasteiger partial charge on any atom is -0.329 e. The fourth-order valence-electron chi connectivity index (χ4n) is 1.96. The fraction of sp³-hybridized carbons (Fsp3) is 0.0625. The largest absolute Gasteiger partial charge is 0.329 e. The van der Waals surface area contributed by atoms with Gasteiger partial charge in [0.25, 0.3) is 10.0 Å². The number of sulfonamides is 1. The number of aryl methyl sites for hydroxylation is 1. The summed E-state index contributed by atoms with van der Waals surface area (Å²) in [6.45, 7) is 0. The first-order valence-corrected chi connectivity index (χ1v) is 9.18. The third-order valence-corrected chi connectivity index (χ3v) is 5.63. The SMILES string of the molecule is Cn1ccnc1Sc1ccc(NS(=O)(=O)c2ccccc2)cc1. The van der Waals surface area contributed by atoms with Crippen molar-refractivity contribution < 1.29 is 8.42 Å². The minimum atomic E-state index is -3.56. The molecule has 1 aromatic heterocycles. The Bertz CT molecular complexity index is 889. The Morgan fingerprint density at radius 2 is 1.74 bits per heavy atom. The van der Waals surface area contributed by atoms with E-state index in [1.54, 1.807) is 48.7 Å². The Hall–Kier alpha value is -2.25. The second kappa shape index (κ2) is 6.47. The third-order valence-electron chi connectivity index (χ3n) is 3.15. The zero-order valence-corrected chi connectivity index (χ0v) is 14.0. The van der Waals surface area contributed by atoms with Crippen LogP contribution in [0.4, 0.5) is 5.69 Å². The van der Waals surface area contributed by atoms with Crippen LogP contribution in [-0.2, 0) is 17.1 Å². The highest BCUT2D eigenvalue weighted by Crippen LogP contribution is 2.27. The van der Waals surface area contributed by atoms with Crippen molar-refractivity contribution in [2.75, 3.05) is 4.72 Å². The molecule has 7 heteroatoms. The van der Waals surface area contributed by atoms with Gasteiger partial charge >= 0.3 is 0 Å². The number of hydrogen-bond donors (Lipinski definition) is 1. The first-order chi connectivity index (χ1) is 11.0. The smallest absolute Gasteiger partial charge is 0.261 e. The first kappa shape index (κ1) is 15.6. The molecule has 0 aliphatic carbocycles. The van der Waals surface area contributed by atoms with Crippen LogP contribution in [0.3, 0.4) is 0 Å². The van der Waals surface area contributed by atoms with Gasteiger partial charge < -0.3 is 4.57 Å². The van der Waals surface area contributed by atoms with Crippen LogP contribution in [0, 0.1) is 0 Å². The van der Waals surface area contributed by atoms with Crippen molar-refractivity contribution in [2.24, 2.45) is 7.05 Å². The Labute approximate surface area is 139 Å². The van der Waals surface area contributed by atoms with Crippen molar-refractivity contribution in [2.45, 2.75) is 14.9 Å². The van der Waals surface area contributed by atoms with Crippen LogP contribution in [-0.4, -0.2) is 18.0 Å². The van der Waals surface area contributed by atoms with Gasteiger partial charge in [-0.1, -0.05) is 30.0 Å². The van der Waals surface area contributed by atoms with E-state index >= 15 is 0 Å². The Kier molecular flexibility index (Phi) is 4.40. The summed E-state index contributed by atoms with van der Waals surface area (Å²) < 4.78 is 29.0. The molecule has 1 N–H and O–H groups in total. The van der Waals surface area contributed by atoms with Crippen molar-refractivity contribution in [3.05, 3.63) is 67.0 Å². The van der Waals surface area contributed by atoms with E-state index in [4.69, 9.17) is 0 Å². The molecule has 0 saturated heterocycles. The van der Waals surface area contributed by atoms with E-state index in [2.05, 4.69) is 9.71 Å². The predicted octanol–water partition coefficient (Wildman–Crippen LogP) is 3.37. The number of aromatic nitrogens is 2. The van der Waals surface area contributed by atoms with E-state index in [1.807, 2.05) is 29.9 Å². The number of imidazole rings is 1. The lowest BCUT2D eigenvalue weighted by molar-refractivity contribution is 0.601. The molecule has 0 radical (unpaired) electrons. The molecule has 0 atom stereocenters. The molecule has 5 nitrogen and oxygen atoms in total. The van der Waals surface area contributed by atoms with Crippen molar-refractivity contribution in [3.8, 4) is 0 Å². The van der Waals surface area contributed by atoms with Crippen LogP contribution in [0.15, 0.2) is 81.9 Å². The van der Waals surface area contributed by atoms with Gasteiger partial charge in [-0.05, 0) is 36.4 Å². The van der Waals surface area contributed by atoms with E-state index < -0.39 is 10.0 Å². The second-order valence-electron chi connectivity index (χ2n) is 4.87. The van der Waals surface area contributed by atoms with E-state index in [1.165, 1.54) is 11.8 Å². The molecule has 0 spiro atoms. The minimum absolute atomic E-state index is 0.242. The van der Waals surface area contributed by atoms with Crippen molar-refractivity contribution in [3.63, 3.8) is 0 Å². The summed E-state index contributed by atoms with van der Waals surface area (Å²) in [5.41, 5.74) is 0.526. The zero-order chi connectivity index (χ0) is 16.3. The van der Waals surface area contributed by atoms with Crippen LogP contribution < -0.4 is 4.72 Å². The molecule has 0 bridgehead atoms. The number of rotatable bonds is 5. The van der Waals surface area contributed by atoms with Crippen molar-refractivity contribution in [1.82, 2.24) is 9.55 Å². The number of nitrogens with one attached hydrogen (secondary N) is 1. The van der Waals surface area contributed by atoms with Gasteiger partial charge in [-0.25, -0.2) is 13.4 Å². The number of nitrogens with zero attached hydrogens (tertiary/aromatic N) is 2. The lowest BCUT2D eigenvalue weighted by Crippen LogP contribution is -2.12. The topological polar surface area (TPSA) is 64.0 Å². The molecule has 3 aromatic rings. The molecule has 1 heterocycles. The summed E-state index contributed by atoms with van der Waals surface area (Å²) in [6, 6.07) is 15.5. The maximum atomic E-state index is 12.3. The second-order valence-corrected chi connectivity index (χ2v) is 7.59. The fourth-order valence-corrected chi connectivity index (χ4v) is 3.84. The average Bonchev–Trinajstić information content (AvgIpc) is 2.95. The summed E-state index contributed by atoms with van der Waals surface area (Å²) in [7, 11) is -1.63. The van der Waals surface area contributed by atoms with Gasteiger partial charge in [0, 0.05) is 30.0 Å². The zero-order valence-electron chi connectivity index (χ0n) is 12.4. The summed E-state index contributed by atoms with van der Waals surface area (Å²) in [4.78, 5) is 5.48. The molecular weight excluding hydrogens is 330 g/mol. The molecule has 0 fully saturated rings. The standard InChI is InChI=1S/C16H15N3O2S2/c1-19-12-11-17-16(19)22-14-9-7-13(8-10-14)18-23(20,21)15-5-3-2-4-6-15/h2-12,18H,1H3. The number of anilines is 1. The summed E-state index contributed by atoms with van der Waals surface area (Å²) in [6.07, 6.45) is 3.62.